The largest absolute Gasteiger partial charge is 0.343 e. The highest BCUT2D eigenvalue weighted by Gasteiger charge is 2.41. The number of aromatic amines is 1. The fourth-order valence-electron chi connectivity index (χ4n) is 4.55. The number of hydrogen-bond acceptors (Lipinski definition) is 6. The molecule has 0 bridgehead atoms. The minimum absolute atomic E-state index is 0.0996. The number of rotatable bonds is 4. The van der Waals surface area contributed by atoms with Crippen molar-refractivity contribution >= 4 is 5.91 Å². The van der Waals surface area contributed by atoms with Gasteiger partial charge in [-0.25, -0.2) is 0 Å². The van der Waals surface area contributed by atoms with Crippen LogP contribution in [0, 0.1) is 0 Å². The quantitative estimate of drug-likeness (QED) is 0.859. The molecular formula is C20H29N7O. The summed E-state index contributed by atoms with van der Waals surface area (Å²) in [6, 6.07) is 8.39. The van der Waals surface area contributed by atoms with Crippen molar-refractivity contribution in [1.29, 1.82) is 0 Å². The van der Waals surface area contributed by atoms with Gasteiger partial charge in [0.05, 0.1) is 0 Å². The van der Waals surface area contributed by atoms with Crippen LogP contribution in [0.2, 0.25) is 0 Å². The van der Waals surface area contributed by atoms with Crippen LogP contribution in [-0.4, -0.2) is 86.5 Å². The predicted octanol–water partition coefficient (Wildman–Crippen LogP) is 1.39. The molecule has 4 rings (SSSR count). The number of amides is 1. The van der Waals surface area contributed by atoms with Gasteiger partial charge in [-0.2, -0.15) is 5.21 Å². The van der Waals surface area contributed by atoms with Gasteiger partial charge < -0.3 is 4.90 Å². The van der Waals surface area contributed by atoms with Gasteiger partial charge in [0, 0.05) is 56.8 Å². The molecule has 28 heavy (non-hydrogen) atoms. The Morgan fingerprint density at radius 3 is 2.68 bits per heavy atom. The van der Waals surface area contributed by atoms with Crippen LogP contribution in [0.15, 0.2) is 24.3 Å². The van der Waals surface area contributed by atoms with Crippen LogP contribution in [0.5, 0.6) is 0 Å². The Labute approximate surface area is 165 Å². The van der Waals surface area contributed by atoms with Crippen molar-refractivity contribution in [1.82, 2.24) is 35.3 Å². The number of likely N-dealkylation sites (tertiary alicyclic amines) is 1. The van der Waals surface area contributed by atoms with Crippen molar-refractivity contribution in [2.24, 2.45) is 0 Å². The molecule has 2 aliphatic rings. The third-order valence-electron chi connectivity index (χ3n) is 6.43. The molecule has 0 saturated carbocycles. The van der Waals surface area contributed by atoms with Gasteiger partial charge in [0.1, 0.15) is 0 Å². The zero-order valence-electron chi connectivity index (χ0n) is 16.8. The van der Waals surface area contributed by atoms with E-state index in [1.165, 1.54) is 5.56 Å². The molecule has 2 saturated heterocycles. The molecule has 2 aliphatic heterocycles. The highest BCUT2D eigenvalue weighted by Crippen LogP contribution is 2.32. The van der Waals surface area contributed by atoms with E-state index in [0.717, 1.165) is 57.7 Å². The molecule has 8 heteroatoms. The molecule has 1 atom stereocenters. The molecule has 150 valence electrons. The van der Waals surface area contributed by atoms with Crippen LogP contribution >= 0.6 is 0 Å². The zero-order chi connectivity index (χ0) is 19.6. The second-order valence-corrected chi connectivity index (χ2v) is 8.01. The summed E-state index contributed by atoms with van der Waals surface area (Å²) in [5, 5.41) is 14.2. The summed E-state index contributed by atoms with van der Waals surface area (Å²) in [7, 11) is 2.23. The molecule has 1 spiro atoms. The van der Waals surface area contributed by atoms with E-state index in [4.69, 9.17) is 0 Å². The monoisotopic (exact) mass is 383 g/mol. The lowest BCUT2D eigenvalue weighted by molar-refractivity contribution is -0.130. The van der Waals surface area contributed by atoms with Gasteiger partial charge in [0.15, 0.2) is 0 Å². The number of benzene rings is 1. The highest BCUT2D eigenvalue weighted by atomic mass is 16.2. The van der Waals surface area contributed by atoms with E-state index in [0.29, 0.717) is 18.2 Å². The number of hydrogen-bond donors (Lipinski definition) is 1. The van der Waals surface area contributed by atoms with E-state index >= 15 is 0 Å². The Hall–Kier alpha value is -2.32. The number of aromatic nitrogens is 4. The zero-order valence-corrected chi connectivity index (χ0v) is 16.8. The van der Waals surface area contributed by atoms with E-state index < -0.39 is 0 Å². The second kappa shape index (κ2) is 7.97. The summed E-state index contributed by atoms with van der Waals surface area (Å²) in [6.45, 7) is 7.79. The maximum Gasteiger partial charge on any atom is 0.222 e. The summed E-state index contributed by atoms with van der Waals surface area (Å²) in [5.74, 6) is 0.927. The van der Waals surface area contributed by atoms with Crippen LogP contribution in [0.25, 0.3) is 11.4 Å². The van der Waals surface area contributed by atoms with Crippen molar-refractivity contribution in [3.05, 3.63) is 29.8 Å². The average molecular weight is 384 g/mol. The van der Waals surface area contributed by atoms with Gasteiger partial charge in [0.2, 0.25) is 11.7 Å². The number of nitrogens with one attached hydrogen (secondary N) is 1. The second-order valence-electron chi connectivity index (χ2n) is 8.01. The fourth-order valence-corrected chi connectivity index (χ4v) is 4.55. The van der Waals surface area contributed by atoms with E-state index in [1.807, 2.05) is 4.90 Å². The number of nitrogens with zero attached hydrogens (tertiary/aromatic N) is 6. The molecule has 3 heterocycles. The Bertz CT molecular complexity index is 791. The molecule has 2 aromatic rings. The van der Waals surface area contributed by atoms with Crippen molar-refractivity contribution in [3.63, 3.8) is 0 Å². The van der Waals surface area contributed by atoms with E-state index in [1.54, 1.807) is 0 Å². The minimum Gasteiger partial charge on any atom is -0.343 e. The average Bonchev–Trinajstić information content (AvgIpc) is 3.19. The van der Waals surface area contributed by atoms with Crippen LogP contribution in [-0.2, 0) is 11.3 Å². The Kier molecular flexibility index (Phi) is 5.41. The van der Waals surface area contributed by atoms with Crippen LogP contribution in [0.4, 0.5) is 0 Å². The van der Waals surface area contributed by atoms with Gasteiger partial charge in [-0.05, 0) is 37.6 Å². The SMILES string of the molecule is CCN1CC[C@@]2(CCC1=O)CN(Cc1ccc(-c3nn[nH]n3)cc1)CCN2C. The summed E-state index contributed by atoms with van der Waals surface area (Å²) >= 11 is 0. The standard InChI is InChI=1S/C20H29N7O/c1-3-27-11-10-20(9-8-18(27)28)15-26(13-12-25(20)2)14-16-4-6-17(7-5-16)19-21-23-24-22-19/h4-7H,3,8-15H2,1-2H3,(H,21,22,23,24)/t20-/m0/s1. The summed E-state index contributed by atoms with van der Waals surface area (Å²) in [6.07, 6.45) is 2.66. The van der Waals surface area contributed by atoms with E-state index in [2.05, 4.69) is 68.7 Å². The lowest BCUT2D eigenvalue weighted by Gasteiger charge is -2.49. The molecule has 0 radical (unpaired) electrons. The lowest BCUT2D eigenvalue weighted by atomic mass is 9.86. The van der Waals surface area contributed by atoms with Crippen LogP contribution in [0.3, 0.4) is 0 Å². The third kappa shape index (κ3) is 3.79. The van der Waals surface area contributed by atoms with Crippen molar-refractivity contribution < 1.29 is 4.79 Å². The summed E-state index contributed by atoms with van der Waals surface area (Å²) in [4.78, 5) is 19.4. The first-order chi connectivity index (χ1) is 13.6. The molecule has 8 nitrogen and oxygen atoms in total. The van der Waals surface area contributed by atoms with Crippen molar-refractivity contribution in [2.75, 3.05) is 39.8 Å². The van der Waals surface area contributed by atoms with Gasteiger partial charge in [-0.1, -0.05) is 24.3 Å². The first kappa shape index (κ1) is 19.0. The summed E-state index contributed by atoms with van der Waals surface area (Å²) < 4.78 is 0. The van der Waals surface area contributed by atoms with Gasteiger partial charge in [-0.3, -0.25) is 14.6 Å². The lowest BCUT2D eigenvalue weighted by Crippen LogP contribution is -2.60. The van der Waals surface area contributed by atoms with Crippen molar-refractivity contribution in [3.8, 4) is 11.4 Å². The Morgan fingerprint density at radius 2 is 1.96 bits per heavy atom. The number of likely N-dealkylation sites (N-methyl/N-ethyl adjacent to an activating group) is 1. The Morgan fingerprint density at radius 1 is 1.14 bits per heavy atom. The fraction of sp³-hybridized carbons (Fsp3) is 0.600. The number of carbonyl (C=O) groups is 1. The Balaban J connectivity index is 1.44. The predicted molar refractivity (Wildman–Crippen MR) is 106 cm³/mol. The topological polar surface area (TPSA) is 81.2 Å². The maximum atomic E-state index is 12.4. The number of tetrazole rings is 1. The van der Waals surface area contributed by atoms with Crippen LogP contribution < -0.4 is 0 Å². The molecule has 0 unspecified atom stereocenters. The van der Waals surface area contributed by atoms with Crippen molar-refractivity contribution in [2.45, 2.75) is 38.3 Å². The molecular weight excluding hydrogens is 354 g/mol. The molecule has 2 fully saturated rings. The summed E-state index contributed by atoms with van der Waals surface area (Å²) in [5.41, 5.74) is 2.35. The molecule has 1 aromatic heterocycles. The first-order valence-electron chi connectivity index (χ1n) is 10.1. The number of H-pyrrole nitrogens is 1. The highest BCUT2D eigenvalue weighted by molar-refractivity contribution is 5.76. The molecule has 1 aromatic carbocycles. The number of carbonyl (C=O) groups excluding carboxylic acids is 1. The molecule has 0 aliphatic carbocycles. The van der Waals surface area contributed by atoms with Crippen LogP contribution in [0.1, 0.15) is 31.7 Å². The van der Waals surface area contributed by atoms with Gasteiger partial charge >= 0.3 is 0 Å². The normalized spacial score (nSPS) is 24.6. The maximum absolute atomic E-state index is 12.4. The smallest absolute Gasteiger partial charge is 0.222 e. The van der Waals surface area contributed by atoms with E-state index in [9.17, 15) is 4.79 Å². The van der Waals surface area contributed by atoms with Gasteiger partial charge in [0.25, 0.3) is 0 Å². The van der Waals surface area contributed by atoms with Gasteiger partial charge in [-0.15, -0.1) is 10.2 Å². The third-order valence-corrected chi connectivity index (χ3v) is 6.43. The van der Waals surface area contributed by atoms with E-state index in [-0.39, 0.29) is 5.54 Å². The number of piperazine rings is 1. The minimum atomic E-state index is 0.0996. The first-order valence-corrected chi connectivity index (χ1v) is 10.1. The molecule has 1 N–H and O–H groups in total. The molecule has 1 amide bonds.